The van der Waals surface area contributed by atoms with Crippen LogP contribution < -0.4 is 15.1 Å². The molecule has 0 aliphatic carbocycles. The lowest BCUT2D eigenvalue weighted by atomic mass is 10.2. The molecule has 0 amide bonds. The topological polar surface area (TPSA) is 103 Å². The average Bonchev–Trinajstić information content (AvgIpc) is 3.06. The molecule has 4 rings (SSSR count). The maximum atomic E-state index is 12.9. The number of fused-ring (bicyclic) bond motifs is 3. The third-order valence-electron chi connectivity index (χ3n) is 4.28. The molecular weight excluding hydrogens is 382 g/mol. The molecule has 9 heteroatoms. The Morgan fingerprint density at radius 3 is 2.79 bits per heavy atom. The first-order valence-corrected chi connectivity index (χ1v) is 10.0. The monoisotopic (exact) mass is 399 g/mol. The maximum absolute atomic E-state index is 12.9. The van der Waals surface area contributed by atoms with E-state index in [0.717, 1.165) is 0 Å². The van der Waals surface area contributed by atoms with E-state index in [2.05, 4.69) is 9.71 Å². The Hall–Kier alpha value is -3.33. The molecule has 0 fully saturated rings. The predicted octanol–water partition coefficient (Wildman–Crippen LogP) is 2.88. The molecule has 0 spiro atoms. The van der Waals surface area contributed by atoms with Gasteiger partial charge in [-0.1, -0.05) is 12.1 Å². The summed E-state index contributed by atoms with van der Waals surface area (Å²) in [6, 6.07) is 11.1. The number of nitrogens with one attached hydrogen (secondary N) is 1. The number of aryl methyl sites for hydroxylation is 1. The number of para-hydroxylation sites is 2. The summed E-state index contributed by atoms with van der Waals surface area (Å²) in [5, 5.41) is 0.482. The molecule has 0 bridgehead atoms. The summed E-state index contributed by atoms with van der Waals surface area (Å²) in [4.78, 5) is 16.1. The van der Waals surface area contributed by atoms with Gasteiger partial charge in [0.15, 0.2) is 5.52 Å². The lowest BCUT2D eigenvalue weighted by Gasteiger charge is -2.13. The van der Waals surface area contributed by atoms with Crippen LogP contribution in [0.15, 0.2) is 62.9 Å². The standard InChI is InChI=1S/C19H17N3O5S/c1-3-26-16-7-5-4-6-14(16)21-28(24,25)12-8-9-15-13(10-12)18-17(19(23)27-15)20-11-22(18)2/h4-11,21H,3H2,1-2H3. The van der Waals surface area contributed by atoms with Gasteiger partial charge in [-0.3, -0.25) is 4.72 Å². The Morgan fingerprint density at radius 2 is 2.00 bits per heavy atom. The fraction of sp³-hybridized carbons (Fsp3) is 0.158. The van der Waals surface area contributed by atoms with Crippen molar-refractivity contribution in [2.45, 2.75) is 11.8 Å². The number of benzene rings is 2. The van der Waals surface area contributed by atoms with Crippen LogP contribution in [-0.4, -0.2) is 24.6 Å². The zero-order valence-electron chi connectivity index (χ0n) is 15.2. The fourth-order valence-electron chi connectivity index (χ4n) is 3.03. The Kier molecular flexibility index (Phi) is 4.31. The summed E-state index contributed by atoms with van der Waals surface area (Å²) >= 11 is 0. The molecule has 2 aromatic carbocycles. The minimum absolute atomic E-state index is 0.0302. The van der Waals surface area contributed by atoms with E-state index < -0.39 is 15.6 Å². The van der Waals surface area contributed by atoms with Crippen molar-refractivity contribution in [1.82, 2.24) is 9.55 Å². The number of rotatable bonds is 5. The number of anilines is 1. The highest BCUT2D eigenvalue weighted by Gasteiger charge is 2.19. The Balaban J connectivity index is 1.85. The first-order valence-electron chi connectivity index (χ1n) is 8.53. The van der Waals surface area contributed by atoms with Gasteiger partial charge in [-0.15, -0.1) is 0 Å². The van der Waals surface area contributed by atoms with Crippen LogP contribution in [0.5, 0.6) is 5.75 Å². The highest BCUT2D eigenvalue weighted by atomic mass is 32.2. The zero-order valence-corrected chi connectivity index (χ0v) is 16.0. The van der Waals surface area contributed by atoms with E-state index in [1.54, 1.807) is 35.9 Å². The molecule has 0 unspecified atom stereocenters. The molecular formula is C19H17N3O5S. The molecule has 1 N–H and O–H groups in total. The minimum Gasteiger partial charge on any atom is -0.492 e. The number of hydrogen-bond acceptors (Lipinski definition) is 6. The summed E-state index contributed by atoms with van der Waals surface area (Å²) in [6.45, 7) is 2.23. The molecule has 0 saturated carbocycles. The van der Waals surface area contributed by atoms with E-state index in [0.29, 0.717) is 28.9 Å². The second-order valence-electron chi connectivity index (χ2n) is 6.13. The summed E-state index contributed by atoms with van der Waals surface area (Å²) in [7, 11) is -2.17. The van der Waals surface area contributed by atoms with Crippen LogP contribution in [0.2, 0.25) is 0 Å². The van der Waals surface area contributed by atoms with Crippen LogP contribution in [0.1, 0.15) is 6.92 Å². The highest BCUT2D eigenvalue weighted by molar-refractivity contribution is 7.92. The quantitative estimate of drug-likeness (QED) is 0.518. The maximum Gasteiger partial charge on any atom is 0.364 e. The largest absolute Gasteiger partial charge is 0.492 e. The summed E-state index contributed by atoms with van der Waals surface area (Å²) in [5.74, 6) is 0.439. The van der Waals surface area contributed by atoms with Crippen molar-refractivity contribution in [3.05, 3.63) is 59.2 Å². The predicted molar refractivity (Wildman–Crippen MR) is 105 cm³/mol. The van der Waals surface area contributed by atoms with Gasteiger partial charge in [-0.05, 0) is 37.3 Å². The third-order valence-corrected chi connectivity index (χ3v) is 5.64. The zero-order chi connectivity index (χ0) is 19.9. The van der Waals surface area contributed by atoms with Gasteiger partial charge in [0.05, 0.1) is 29.0 Å². The lowest BCUT2D eigenvalue weighted by Crippen LogP contribution is -2.14. The molecule has 144 valence electrons. The smallest absolute Gasteiger partial charge is 0.364 e. The van der Waals surface area contributed by atoms with Crippen LogP contribution in [0.3, 0.4) is 0 Å². The number of aromatic nitrogens is 2. The SMILES string of the molecule is CCOc1ccccc1NS(=O)(=O)c1ccc2oc(=O)c3ncn(C)c3c2c1. The number of sulfonamides is 1. The third kappa shape index (κ3) is 2.99. The van der Waals surface area contributed by atoms with Gasteiger partial charge in [-0.25, -0.2) is 18.2 Å². The highest BCUT2D eigenvalue weighted by Crippen LogP contribution is 2.29. The first kappa shape index (κ1) is 18.1. The Morgan fingerprint density at radius 1 is 1.21 bits per heavy atom. The second kappa shape index (κ2) is 6.68. The molecule has 0 aliphatic rings. The van der Waals surface area contributed by atoms with E-state index in [4.69, 9.17) is 9.15 Å². The number of nitrogens with zero attached hydrogens (tertiary/aromatic N) is 2. The van der Waals surface area contributed by atoms with Gasteiger partial charge in [0.25, 0.3) is 10.0 Å². The molecule has 2 aromatic heterocycles. The first-order chi connectivity index (χ1) is 13.4. The van der Waals surface area contributed by atoms with Crippen molar-refractivity contribution in [2.24, 2.45) is 7.05 Å². The van der Waals surface area contributed by atoms with Crippen LogP contribution >= 0.6 is 0 Å². The molecule has 28 heavy (non-hydrogen) atoms. The second-order valence-corrected chi connectivity index (χ2v) is 7.82. The molecule has 2 heterocycles. The van der Waals surface area contributed by atoms with Gasteiger partial charge in [0, 0.05) is 12.4 Å². The van der Waals surface area contributed by atoms with E-state index in [1.165, 1.54) is 24.5 Å². The lowest BCUT2D eigenvalue weighted by molar-refractivity contribution is 0.342. The molecule has 0 saturated heterocycles. The van der Waals surface area contributed by atoms with E-state index in [9.17, 15) is 13.2 Å². The van der Waals surface area contributed by atoms with Gasteiger partial charge >= 0.3 is 5.63 Å². The Labute approximate surface area is 160 Å². The van der Waals surface area contributed by atoms with Crippen LogP contribution in [0.4, 0.5) is 5.69 Å². The molecule has 4 aromatic rings. The van der Waals surface area contributed by atoms with Crippen LogP contribution in [-0.2, 0) is 17.1 Å². The van der Waals surface area contributed by atoms with Gasteiger partial charge in [0.2, 0.25) is 0 Å². The number of hydrogen-bond donors (Lipinski definition) is 1. The van der Waals surface area contributed by atoms with E-state index >= 15 is 0 Å². The van der Waals surface area contributed by atoms with Crippen molar-refractivity contribution < 1.29 is 17.6 Å². The molecule has 0 radical (unpaired) electrons. The Bertz CT molecular complexity index is 1360. The number of imidazole rings is 1. The van der Waals surface area contributed by atoms with Crippen molar-refractivity contribution in [2.75, 3.05) is 11.3 Å². The summed E-state index contributed by atoms with van der Waals surface area (Å²) in [6.07, 6.45) is 1.48. The molecule has 0 atom stereocenters. The minimum atomic E-state index is -3.90. The summed E-state index contributed by atoms with van der Waals surface area (Å²) in [5.41, 5.74) is 0.726. The van der Waals surface area contributed by atoms with E-state index in [-0.39, 0.29) is 16.0 Å². The fourth-order valence-corrected chi connectivity index (χ4v) is 4.13. The van der Waals surface area contributed by atoms with Crippen molar-refractivity contribution >= 4 is 37.7 Å². The van der Waals surface area contributed by atoms with Gasteiger partial charge in [0.1, 0.15) is 11.3 Å². The van der Waals surface area contributed by atoms with Crippen molar-refractivity contribution in [3.63, 3.8) is 0 Å². The van der Waals surface area contributed by atoms with Crippen LogP contribution in [0, 0.1) is 0 Å². The number of ether oxygens (including phenoxy) is 1. The molecule has 8 nitrogen and oxygen atoms in total. The van der Waals surface area contributed by atoms with E-state index in [1.807, 2.05) is 6.92 Å². The normalized spacial score (nSPS) is 11.8. The van der Waals surface area contributed by atoms with Crippen molar-refractivity contribution in [1.29, 1.82) is 0 Å². The molecule has 0 aliphatic heterocycles. The van der Waals surface area contributed by atoms with Crippen LogP contribution in [0.25, 0.3) is 22.0 Å². The van der Waals surface area contributed by atoms with Crippen molar-refractivity contribution in [3.8, 4) is 5.75 Å². The van der Waals surface area contributed by atoms with Gasteiger partial charge < -0.3 is 13.7 Å². The average molecular weight is 399 g/mol. The van der Waals surface area contributed by atoms with Gasteiger partial charge in [-0.2, -0.15) is 0 Å². The summed E-state index contributed by atoms with van der Waals surface area (Å²) < 4.78 is 40.8.